The lowest BCUT2D eigenvalue weighted by atomic mass is 9.79. The molecule has 1 aliphatic carbocycles. The number of aromatic amines is 1. The predicted molar refractivity (Wildman–Crippen MR) is 171 cm³/mol. The van der Waals surface area contributed by atoms with Crippen LogP contribution in [0.15, 0.2) is 42.5 Å². The summed E-state index contributed by atoms with van der Waals surface area (Å²) in [6.07, 6.45) is 4.65. The Hall–Kier alpha value is -3.09. The van der Waals surface area contributed by atoms with Crippen LogP contribution in [0.2, 0.25) is 0 Å². The van der Waals surface area contributed by atoms with Crippen molar-refractivity contribution in [2.24, 2.45) is 5.92 Å². The van der Waals surface area contributed by atoms with E-state index in [0.717, 1.165) is 67.9 Å². The van der Waals surface area contributed by atoms with Gasteiger partial charge in [-0.1, -0.05) is 42.5 Å². The van der Waals surface area contributed by atoms with Crippen LogP contribution < -0.4 is 9.64 Å². The SMILES string of the molecule is COCCCN1CCOc2ccc(CO[C@H]3CCC[C@@H](OCCc4nn[nH]n4)[C@@H]3c3ccc(COC[C@@H](C)COC)cc3)cc21. The van der Waals surface area contributed by atoms with Crippen molar-refractivity contribution in [3.8, 4) is 5.75 Å². The summed E-state index contributed by atoms with van der Waals surface area (Å²) >= 11 is 0. The second-order valence-electron chi connectivity index (χ2n) is 12.1. The van der Waals surface area contributed by atoms with Gasteiger partial charge >= 0.3 is 0 Å². The van der Waals surface area contributed by atoms with Gasteiger partial charge in [-0.25, -0.2) is 0 Å². The molecule has 0 bridgehead atoms. The number of hydrogen-bond acceptors (Lipinski definition) is 10. The van der Waals surface area contributed by atoms with Gasteiger partial charge in [-0.15, -0.1) is 10.2 Å². The van der Waals surface area contributed by atoms with Gasteiger partial charge in [0.05, 0.1) is 57.5 Å². The lowest BCUT2D eigenvalue weighted by molar-refractivity contribution is -0.0687. The van der Waals surface area contributed by atoms with Gasteiger partial charge in [0.15, 0.2) is 5.82 Å². The molecule has 1 aliphatic heterocycles. The third-order valence-corrected chi connectivity index (χ3v) is 8.54. The standard InChI is InChI=1S/C34H49N5O6/c1-25(21-41-3)22-42-23-26-8-11-28(12-9-26)34-31(43-18-14-33-35-37-38-36-33)6-4-7-32(34)45-24-27-10-13-30-29(20-27)39(16-19-44-30)15-5-17-40-2/h8-13,20,25,31-32,34H,4-7,14-19,21-24H2,1-3H3,(H,35,36,37,38)/t25-,31+,32-,34-/m0/s1. The smallest absolute Gasteiger partial charge is 0.176 e. The average Bonchev–Trinajstić information content (AvgIpc) is 3.58. The summed E-state index contributed by atoms with van der Waals surface area (Å²) in [6, 6.07) is 15.2. The average molecular weight is 624 g/mol. The number of aromatic nitrogens is 4. The number of hydrogen-bond donors (Lipinski definition) is 1. The van der Waals surface area contributed by atoms with E-state index >= 15 is 0 Å². The van der Waals surface area contributed by atoms with E-state index in [1.54, 1.807) is 14.2 Å². The van der Waals surface area contributed by atoms with Crippen molar-refractivity contribution in [1.82, 2.24) is 20.6 Å². The summed E-state index contributed by atoms with van der Waals surface area (Å²) in [5.41, 5.74) is 4.65. The molecule has 11 nitrogen and oxygen atoms in total. The van der Waals surface area contributed by atoms with Gasteiger partial charge in [-0.3, -0.25) is 0 Å². The Balaban J connectivity index is 1.26. The topological polar surface area (TPSA) is 113 Å². The molecule has 5 rings (SSSR count). The van der Waals surface area contributed by atoms with Crippen molar-refractivity contribution >= 4 is 5.69 Å². The fourth-order valence-electron chi connectivity index (χ4n) is 6.30. The molecule has 1 N–H and O–H groups in total. The van der Waals surface area contributed by atoms with Crippen LogP contribution in [0.5, 0.6) is 5.75 Å². The van der Waals surface area contributed by atoms with Gasteiger partial charge in [-0.2, -0.15) is 5.21 Å². The molecule has 0 amide bonds. The largest absolute Gasteiger partial charge is 0.490 e. The minimum Gasteiger partial charge on any atom is -0.490 e. The van der Waals surface area contributed by atoms with Crippen LogP contribution in [0, 0.1) is 5.92 Å². The maximum absolute atomic E-state index is 6.75. The number of anilines is 1. The highest BCUT2D eigenvalue weighted by atomic mass is 16.5. The highest BCUT2D eigenvalue weighted by Crippen LogP contribution is 2.39. The van der Waals surface area contributed by atoms with Crippen LogP contribution in [-0.2, 0) is 43.3 Å². The van der Waals surface area contributed by atoms with Gasteiger partial charge in [-0.05, 0) is 54.5 Å². The molecule has 45 heavy (non-hydrogen) atoms. The van der Waals surface area contributed by atoms with Crippen LogP contribution in [-0.4, -0.2) is 93.2 Å². The van der Waals surface area contributed by atoms with Crippen LogP contribution in [0.3, 0.4) is 0 Å². The van der Waals surface area contributed by atoms with Crippen LogP contribution >= 0.6 is 0 Å². The monoisotopic (exact) mass is 623 g/mol. The molecular formula is C34H49N5O6. The van der Waals surface area contributed by atoms with Crippen molar-refractivity contribution in [3.63, 3.8) is 0 Å². The minimum absolute atomic E-state index is 0.0241. The third-order valence-electron chi connectivity index (χ3n) is 8.54. The Labute approximate surface area is 266 Å². The van der Waals surface area contributed by atoms with Crippen molar-refractivity contribution < 1.29 is 28.4 Å². The summed E-state index contributed by atoms with van der Waals surface area (Å²) < 4.78 is 35.7. The maximum atomic E-state index is 6.75. The molecule has 2 aromatic carbocycles. The van der Waals surface area contributed by atoms with Gasteiger partial charge < -0.3 is 33.3 Å². The number of nitrogens with zero attached hydrogens (tertiary/aromatic N) is 4. The van der Waals surface area contributed by atoms with Gasteiger partial charge in [0.2, 0.25) is 0 Å². The molecule has 2 heterocycles. The summed E-state index contributed by atoms with van der Waals surface area (Å²) in [5, 5.41) is 14.3. The molecule has 0 saturated heterocycles. The predicted octanol–water partition coefficient (Wildman–Crippen LogP) is 4.71. The van der Waals surface area contributed by atoms with Gasteiger partial charge in [0, 0.05) is 45.6 Å². The number of nitrogens with one attached hydrogen (secondary N) is 1. The quantitative estimate of drug-likeness (QED) is 0.200. The molecule has 0 spiro atoms. The third kappa shape index (κ3) is 9.70. The summed E-state index contributed by atoms with van der Waals surface area (Å²) in [6.45, 7) is 8.40. The number of benzene rings is 2. The number of methoxy groups -OCH3 is 2. The van der Waals surface area contributed by atoms with E-state index in [9.17, 15) is 0 Å². The second kappa shape index (κ2) is 17.6. The number of rotatable bonds is 18. The van der Waals surface area contributed by atoms with E-state index in [2.05, 4.69) is 74.9 Å². The fourth-order valence-corrected chi connectivity index (χ4v) is 6.30. The summed E-state index contributed by atoms with van der Waals surface area (Å²) in [4.78, 5) is 2.39. The number of H-pyrrole nitrogens is 1. The molecule has 3 aromatic rings. The minimum atomic E-state index is 0.0241. The van der Waals surface area contributed by atoms with E-state index in [-0.39, 0.29) is 18.1 Å². The number of ether oxygens (including phenoxy) is 6. The maximum Gasteiger partial charge on any atom is 0.176 e. The van der Waals surface area contributed by atoms with E-state index in [1.165, 1.54) is 5.56 Å². The van der Waals surface area contributed by atoms with Crippen molar-refractivity contribution in [1.29, 1.82) is 0 Å². The Morgan fingerprint density at radius 3 is 2.56 bits per heavy atom. The molecular weight excluding hydrogens is 574 g/mol. The van der Waals surface area contributed by atoms with Crippen molar-refractivity contribution in [2.75, 3.05) is 65.2 Å². The van der Waals surface area contributed by atoms with Gasteiger partial charge in [0.25, 0.3) is 0 Å². The lowest BCUT2D eigenvalue weighted by Gasteiger charge is -2.38. The molecule has 1 saturated carbocycles. The zero-order valence-electron chi connectivity index (χ0n) is 27.0. The lowest BCUT2D eigenvalue weighted by Crippen LogP contribution is -2.38. The van der Waals surface area contributed by atoms with Crippen molar-refractivity contribution in [2.45, 2.75) is 70.4 Å². The molecule has 1 fully saturated rings. The first kappa shape index (κ1) is 33.3. The normalized spacial score (nSPS) is 20.5. The zero-order valence-corrected chi connectivity index (χ0v) is 27.0. The highest BCUT2D eigenvalue weighted by Gasteiger charge is 2.36. The Morgan fingerprint density at radius 2 is 1.78 bits per heavy atom. The van der Waals surface area contributed by atoms with Crippen LogP contribution in [0.4, 0.5) is 5.69 Å². The molecule has 2 aliphatic rings. The van der Waals surface area contributed by atoms with E-state index in [1.807, 2.05) is 0 Å². The zero-order chi connectivity index (χ0) is 31.3. The Kier molecular flexibility index (Phi) is 13.0. The van der Waals surface area contributed by atoms with Crippen LogP contribution in [0.1, 0.15) is 61.0 Å². The molecule has 246 valence electrons. The first-order valence-electron chi connectivity index (χ1n) is 16.2. The summed E-state index contributed by atoms with van der Waals surface area (Å²) in [5.74, 6) is 2.06. The van der Waals surface area contributed by atoms with Crippen molar-refractivity contribution in [3.05, 3.63) is 65.0 Å². The molecule has 0 unspecified atom stereocenters. The number of fused-ring (bicyclic) bond motifs is 1. The highest BCUT2D eigenvalue weighted by molar-refractivity contribution is 5.61. The molecule has 0 radical (unpaired) electrons. The van der Waals surface area contributed by atoms with E-state index in [0.29, 0.717) is 57.8 Å². The summed E-state index contributed by atoms with van der Waals surface area (Å²) in [7, 11) is 3.47. The van der Waals surface area contributed by atoms with E-state index < -0.39 is 0 Å². The first-order chi connectivity index (χ1) is 22.1. The van der Waals surface area contributed by atoms with Gasteiger partial charge in [0.1, 0.15) is 12.4 Å². The van der Waals surface area contributed by atoms with Crippen LogP contribution in [0.25, 0.3) is 0 Å². The molecule has 11 heteroatoms. The molecule has 4 atom stereocenters. The van der Waals surface area contributed by atoms with E-state index in [4.69, 9.17) is 28.4 Å². The molecule has 1 aromatic heterocycles. The number of tetrazole rings is 1. The second-order valence-corrected chi connectivity index (χ2v) is 12.1. The fraction of sp³-hybridized carbons (Fsp3) is 0.618. The first-order valence-corrected chi connectivity index (χ1v) is 16.2. The Morgan fingerprint density at radius 1 is 0.956 bits per heavy atom. The Bertz CT molecular complexity index is 1260.